The molecule has 8 nitrogen and oxygen atoms in total. The lowest BCUT2D eigenvalue weighted by Crippen LogP contribution is -2.29. The van der Waals surface area contributed by atoms with Crippen LogP contribution in [0.15, 0.2) is 52.9 Å². The Morgan fingerprint density at radius 2 is 1.91 bits per heavy atom. The molecule has 0 aliphatic rings. The first kappa shape index (κ1) is 21.6. The molecule has 32 heavy (non-hydrogen) atoms. The van der Waals surface area contributed by atoms with Gasteiger partial charge in [0.05, 0.1) is 4.70 Å². The maximum absolute atomic E-state index is 12.4. The molecule has 0 saturated heterocycles. The Hall–Kier alpha value is -3.59. The number of furan rings is 1. The van der Waals surface area contributed by atoms with Gasteiger partial charge in [-0.15, -0.1) is 0 Å². The van der Waals surface area contributed by atoms with Gasteiger partial charge in [-0.25, -0.2) is 4.79 Å². The normalized spacial score (nSPS) is 10.9. The minimum absolute atomic E-state index is 0.242. The quantitative estimate of drug-likeness (QED) is 0.273. The monoisotopic (exact) mass is 451 g/mol. The molecular weight excluding hydrogens is 426 g/mol. The Morgan fingerprint density at radius 1 is 1.03 bits per heavy atom. The number of nitrogens with one attached hydrogen (secondary N) is 4. The summed E-state index contributed by atoms with van der Waals surface area (Å²) in [6.45, 7) is 3.81. The van der Waals surface area contributed by atoms with Crippen LogP contribution in [-0.4, -0.2) is 35.9 Å². The number of benzene rings is 2. The fourth-order valence-corrected chi connectivity index (χ4v) is 4.00. The number of urea groups is 1. The van der Waals surface area contributed by atoms with Crippen molar-refractivity contribution in [2.75, 3.05) is 30.3 Å². The number of hydrogen-bond donors (Lipinski definition) is 4. The Kier molecular flexibility index (Phi) is 6.86. The van der Waals surface area contributed by atoms with Crippen LogP contribution in [0.3, 0.4) is 0 Å². The van der Waals surface area contributed by atoms with Crippen LogP contribution < -0.4 is 21.3 Å². The van der Waals surface area contributed by atoms with Crippen molar-refractivity contribution in [3.8, 4) is 0 Å². The molecule has 4 aromatic rings. The number of fused-ring (bicyclic) bond motifs is 2. The minimum Gasteiger partial charge on any atom is -0.451 e. The standard InChI is InChI=1S/C23H25N5O3S/c1-2-10-26-23(30)27-16-8-9-18-15(13-16)14-19(31-18)22(29)25-12-5-11-24-21-17-6-3-4-7-20(17)32-28-21/h3-4,6-9,13-14H,2,5,10-12H2,1H3,(H,24,28)(H,25,29)(H2,26,27,30). The third-order valence-corrected chi connectivity index (χ3v) is 5.67. The second-order valence-corrected chi connectivity index (χ2v) is 8.11. The molecule has 0 atom stereocenters. The van der Waals surface area contributed by atoms with Gasteiger partial charge in [0.15, 0.2) is 5.76 Å². The van der Waals surface area contributed by atoms with Gasteiger partial charge in [-0.1, -0.05) is 19.1 Å². The molecule has 0 aliphatic carbocycles. The summed E-state index contributed by atoms with van der Waals surface area (Å²) in [7, 11) is 0. The molecular formula is C23H25N5O3S. The topological polar surface area (TPSA) is 108 Å². The zero-order chi connectivity index (χ0) is 22.3. The van der Waals surface area contributed by atoms with Crippen LogP contribution in [0.1, 0.15) is 30.3 Å². The summed E-state index contributed by atoms with van der Waals surface area (Å²) in [5.74, 6) is 0.851. The van der Waals surface area contributed by atoms with Crippen molar-refractivity contribution in [1.29, 1.82) is 0 Å². The first-order chi connectivity index (χ1) is 15.6. The molecule has 2 heterocycles. The predicted molar refractivity (Wildman–Crippen MR) is 129 cm³/mol. The smallest absolute Gasteiger partial charge is 0.319 e. The Bertz CT molecular complexity index is 1230. The number of anilines is 2. The first-order valence-electron chi connectivity index (χ1n) is 10.6. The predicted octanol–water partition coefficient (Wildman–Crippen LogP) is 4.81. The summed E-state index contributed by atoms with van der Waals surface area (Å²) in [6.07, 6.45) is 1.61. The Balaban J connectivity index is 1.26. The van der Waals surface area contributed by atoms with Crippen molar-refractivity contribution >= 4 is 56.0 Å². The van der Waals surface area contributed by atoms with E-state index in [-0.39, 0.29) is 17.7 Å². The van der Waals surface area contributed by atoms with Crippen LogP contribution in [0.2, 0.25) is 0 Å². The highest BCUT2D eigenvalue weighted by Gasteiger charge is 2.13. The van der Waals surface area contributed by atoms with Gasteiger partial charge in [0.2, 0.25) is 0 Å². The molecule has 3 amide bonds. The number of hydrogen-bond acceptors (Lipinski definition) is 6. The van der Waals surface area contributed by atoms with Gasteiger partial charge in [-0.3, -0.25) is 4.79 Å². The van der Waals surface area contributed by atoms with E-state index in [0.29, 0.717) is 30.9 Å². The molecule has 0 spiro atoms. The van der Waals surface area contributed by atoms with Crippen LogP contribution in [0, 0.1) is 0 Å². The van der Waals surface area contributed by atoms with Gasteiger partial charge in [0, 0.05) is 36.1 Å². The lowest BCUT2D eigenvalue weighted by atomic mass is 10.2. The van der Waals surface area contributed by atoms with Crippen molar-refractivity contribution in [1.82, 2.24) is 15.0 Å². The summed E-state index contributed by atoms with van der Waals surface area (Å²) in [5.41, 5.74) is 1.23. The molecule has 2 aromatic carbocycles. The third-order valence-electron chi connectivity index (χ3n) is 4.84. The summed E-state index contributed by atoms with van der Waals surface area (Å²) >= 11 is 1.47. The molecule has 9 heteroatoms. The van der Waals surface area contributed by atoms with Crippen LogP contribution >= 0.6 is 11.5 Å². The van der Waals surface area contributed by atoms with E-state index in [0.717, 1.165) is 34.1 Å². The maximum Gasteiger partial charge on any atom is 0.319 e. The van der Waals surface area contributed by atoms with Gasteiger partial charge >= 0.3 is 6.03 Å². The zero-order valence-corrected chi connectivity index (χ0v) is 18.6. The molecule has 4 rings (SSSR count). The first-order valence-corrected chi connectivity index (χ1v) is 11.4. The maximum atomic E-state index is 12.4. The fourth-order valence-electron chi connectivity index (χ4n) is 3.24. The lowest BCUT2D eigenvalue weighted by molar-refractivity contribution is 0.0928. The molecule has 4 N–H and O–H groups in total. The van der Waals surface area contributed by atoms with E-state index >= 15 is 0 Å². The van der Waals surface area contributed by atoms with E-state index in [4.69, 9.17) is 4.42 Å². The summed E-state index contributed by atoms with van der Waals surface area (Å²) < 4.78 is 11.2. The number of aromatic nitrogens is 1. The molecule has 0 aliphatic heterocycles. The number of carbonyl (C=O) groups is 2. The average molecular weight is 452 g/mol. The second-order valence-electron chi connectivity index (χ2n) is 7.31. The van der Waals surface area contributed by atoms with Crippen molar-refractivity contribution in [2.24, 2.45) is 0 Å². The Labute approximate surface area is 189 Å². The van der Waals surface area contributed by atoms with Crippen LogP contribution in [0.5, 0.6) is 0 Å². The van der Waals surface area contributed by atoms with Gasteiger partial charge in [0.25, 0.3) is 5.91 Å². The largest absolute Gasteiger partial charge is 0.451 e. The van der Waals surface area contributed by atoms with Gasteiger partial charge in [0.1, 0.15) is 11.4 Å². The zero-order valence-electron chi connectivity index (χ0n) is 17.7. The fraction of sp³-hybridized carbons (Fsp3) is 0.261. The van der Waals surface area contributed by atoms with E-state index in [1.807, 2.05) is 31.2 Å². The minimum atomic E-state index is -0.268. The molecule has 0 saturated carbocycles. The highest BCUT2D eigenvalue weighted by atomic mass is 32.1. The molecule has 0 fully saturated rings. The van der Waals surface area contributed by atoms with Gasteiger partial charge in [-0.05, 0) is 60.8 Å². The molecule has 0 radical (unpaired) electrons. The van der Waals surface area contributed by atoms with Crippen LogP contribution in [-0.2, 0) is 0 Å². The van der Waals surface area contributed by atoms with Crippen LogP contribution in [0.25, 0.3) is 21.1 Å². The molecule has 0 bridgehead atoms. The summed E-state index contributed by atoms with van der Waals surface area (Å²) in [5, 5.41) is 13.6. The van der Waals surface area contributed by atoms with Gasteiger partial charge in [-0.2, -0.15) is 4.37 Å². The van der Waals surface area contributed by atoms with E-state index in [2.05, 4.69) is 25.6 Å². The highest BCUT2D eigenvalue weighted by Crippen LogP contribution is 2.26. The second kappa shape index (κ2) is 10.1. The van der Waals surface area contributed by atoms with Crippen molar-refractivity contribution in [3.63, 3.8) is 0 Å². The van der Waals surface area contributed by atoms with E-state index < -0.39 is 0 Å². The number of nitrogens with zero attached hydrogens (tertiary/aromatic N) is 1. The van der Waals surface area contributed by atoms with Crippen molar-refractivity contribution in [2.45, 2.75) is 19.8 Å². The van der Waals surface area contributed by atoms with E-state index in [1.54, 1.807) is 24.3 Å². The van der Waals surface area contributed by atoms with Crippen LogP contribution in [0.4, 0.5) is 16.3 Å². The number of amides is 3. The lowest BCUT2D eigenvalue weighted by Gasteiger charge is -2.06. The van der Waals surface area contributed by atoms with Crippen molar-refractivity contribution < 1.29 is 14.0 Å². The van der Waals surface area contributed by atoms with E-state index in [9.17, 15) is 9.59 Å². The van der Waals surface area contributed by atoms with Crippen molar-refractivity contribution in [3.05, 3.63) is 54.3 Å². The average Bonchev–Trinajstić information content (AvgIpc) is 3.41. The summed E-state index contributed by atoms with van der Waals surface area (Å²) in [6, 6.07) is 14.8. The molecule has 166 valence electrons. The summed E-state index contributed by atoms with van der Waals surface area (Å²) in [4.78, 5) is 24.3. The molecule has 0 unspecified atom stereocenters. The SMILES string of the molecule is CCCNC(=O)Nc1ccc2oc(C(=O)NCCCNc3nsc4ccccc34)cc2c1. The number of rotatable bonds is 9. The van der Waals surface area contributed by atoms with Gasteiger partial charge < -0.3 is 25.7 Å². The third kappa shape index (κ3) is 5.17. The van der Waals surface area contributed by atoms with E-state index in [1.165, 1.54) is 11.5 Å². The highest BCUT2D eigenvalue weighted by molar-refractivity contribution is 7.13. The number of carbonyl (C=O) groups excluding carboxylic acids is 2. The molecule has 2 aromatic heterocycles. The Morgan fingerprint density at radius 3 is 2.78 bits per heavy atom.